The van der Waals surface area contributed by atoms with Crippen LogP contribution in [0, 0.1) is 5.92 Å². The molecule has 1 N–H and O–H groups in total. The van der Waals surface area contributed by atoms with Crippen LogP contribution in [-0.2, 0) is 4.79 Å². The summed E-state index contributed by atoms with van der Waals surface area (Å²) in [5.74, 6) is -0.163. The molecule has 1 fully saturated rings. The fourth-order valence-electron chi connectivity index (χ4n) is 1.94. The molecule has 94 valence electrons. The number of nitrogens with zero attached hydrogens (tertiary/aromatic N) is 4. The molecule has 8 heteroatoms. The third-order valence-corrected chi connectivity index (χ3v) is 3.37. The third kappa shape index (κ3) is 2.39. The maximum atomic E-state index is 11.9. The molecule has 0 bridgehead atoms. The van der Waals surface area contributed by atoms with Crippen LogP contribution in [0.3, 0.4) is 0 Å². The van der Waals surface area contributed by atoms with Crippen LogP contribution >= 0.6 is 15.9 Å². The van der Waals surface area contributed by atoms with E-state index in [4.69, 9.17) is 5.53 Å². The smallest absolute Gasteiger partial charge is 0.227 e. The van der Waals surface area contributed by atoms with Crippen LogP contribution in [0.1, 0.15) is 6.42 Å². The van der Waals surface area contributed by atoms with Gasteiger partial charge in [-0.2, -0.15) is 0 Å². The molecule has 1 aromatic heterocycles. The molecule has 1 atom stereocenters. The van der Waals surface area contributed by atoms with Crippen molar-refractivity contribution in [3.63, 3.8) is 0 Å². The van der Waals surface area contributed by atoms with Crippen molar-refractivity contribution < 1.29 is 4.79 Å². The van der Waals surface area contributed by atoms with Gasteiger partial charge < -0.3 is 9.88 Å². The van der Waals surface area contributed by atoms with E-state index in [0.29, 0.717) is 23.1 Å². The number of anilines is 1. The molecule has 0 aromatic carbocycles. The van der Waals surface area contributed by atoms with Crippen molar-refractivity contribution >= 4 is 27.5 Å². The molecule has 1 unspecified atom stereocenters. The van der Waals surface area contributed by atoms with Crippen LogP contribution < -0.4 is 10.3 Å². The molecule has 1 amide bonds. The van der Waals surface area contributed by atoms with Crippen molar-refractivity contribution in [3.8, 4) is 0 Å². The number of amides is 1. The zero-order valence-electron chi connectivity index (χ0n) is 9.34. The lowest BCUT2D eigenvalue weighted by molar-refractivity contribution is -0.117. The molecule has 1 aliphatic heterocycles. The number of carbonyl (C=O) groups excluding carboxylic acids is 1. The monoisotopic (exact) mass is 311 g/mol. The number of aromatic nitrogens is 1. The van der Waals surface area contributed by atoms with Gasteiger partial charge in [0.05, 0.1) is 4.47 Å². The number of hydrogen-bond acceptors (Lipinski definition) is 3. The SMILES string of the molecule is [N-]=[N+]=NCC1CC(=O)N(c2c[nH]cc(Br)c2=O)C1. The summed E-state index contributed by atoms with van der Waals surface area (Å²) in [6.45, 7) is 0.669. The molecule has 0 saturated carbocycles. The molecule has 18 heavy (non-hydrogen) atoms. The summed E-state index contributed by atoms with van der Waals surface area (Å²) in [5.41, 5.74) is 8.34. The van der Waals surface area contributed by atoms with Crippen molar-refractivity contribution in [1.82, 2.24) is 4.98 Å². The first-order chi connectivity index (χ1) is 8.63. The number of azide groups is 1. The average Bonchev–Trinajstić information content (AvgIpc) is 2.71. The molecule has 0 radical (unpaired) electrons. The van der Waals surface area contributed by atoms with Gasteiger partial charge in [-0.3, -0.25) is 9.59 Å². The fourth-order valence-corrected chi connectivity index (χ4v) is 2.27. The first-order valence-corrected chi connectivity index (χ1v) is 6.10. The Morgan fingerprint density at radius 3 is 3.06 bits per heavy atom. The van der Waals surface area contributed by atoms with E-state index in [1.807, 2.05) is 0 Å². The van der Waals surface area contributed by atoms with Gasteiger partial charge in [0.15, 0.2) is 0 Å². The first kappa shape index (κ1) is 12.7. The lowest BCUT2D eigenvalue weighted by Crippen LogP contribution is -2.30. The van der Waals surface area contributed by atoms with E-state index in [1.54, 1.807) is 0 Å². The number of nitrogens with one attached hydrogen (secondary N) is 1. The van der Waals surface area contributed by atoms with Crippen molar-refractivity contribution in [1.29, 1.82) is 0 Å². The largest absolute Gasteiger partial charge is 0.365 e. The summed E-state index contributed by atoms with van der Waals surface area (Å²) < 4.78 is 0.381. The van der Waals surface area contributed by atoms with E-state index in [-0.39, 0.29) is 23.8 Å². The number of H-pyrrole nitrogens is 1. The van der Waals surface area contributed by atoms with Crippen molar-refractivity contribution in [2.45, 2.75) is 6.42 Å². The van der Waals surface area contributed by atoms with Gasteiger partial charge in [-0.05, 0) is 27.4 Å². The lowest BCUT2D eigenvalue weighted by atomic mass is 10.1. The lowest BCUT2D eigenvalue weighted by Gasteiger charge is -2.15. The Morgan fingerprint density at radius 1 is 1.56 bits per heavy atom. The number of pyridine rings is 1. The summed E-state index contributed by atoms with van der Waals surface area (Å²) in [6.07, 6.45) is 3.32. The third-order valence-electron chi connectivity index (χ3n) is 2.78. The summed E-state index contributed by atoms with van der Waals surface area (Å²) in [7, 11) is 0. The molecule has 1 saturated heterocycles. The molecular weight excluding hydrogens is 302 g/mol. The van der Waals surface area contributed by atoms with Crippen molar-refractivity contribution in [2.75, 3.05) is 18.0 Å². The van der Waals surface area contributed by atoms with Gasteiger partial charge in [0.2, 0.25) is 11.3 Å². The maximum absolute atomic E-state index is 11.9. The van der Waals surface area contributed by atoms with Gasteiger partial charge in [-0.25, -0.2) is 0 Å². The van der Waals surface area contributed by atoms with Crippen LogP contribution in [0.15, 0.2) is 26.8 Å². The van der Waals surface area contributed by atoms with Crippen LogP contribution in [0.4, 0.5) is 5.69 Å². The highest BCUT2D eigenvalue weighted by Crippen LogP contribution is 2.23. The van der Waals surface area contributed by atoms with Crippen molar-refractivity contribution in [2.24, 2.45) is 11.0 Å². The van der Waals surface area contributed by atoms with E-state index in [1.165, 1.54) is 17.3 Å². The number of rotatable bonds is 3. The summed E-state index contributed by atoms with van der Waals surface area (Å²) in [6, 6.07) is 0. The predicted molar refractivity (Wildman–Crippen MR) is 69.2 cm³/mol. The highest BCUT2D eigenvalue weighted by Gasteiger charge is 2.31. The quantitative estimate of drug-likeness (QED) is 0.522. The maximum Gasteiger partial charge on any atom is 0.227 e. The summed E-state index contributed by atoms with van der Waals surface area (Å²) >= 11 is 3.12. The molecule has 1 aliphatic rings. The van der Waals surface area contributed by atoms with Gasteiger partial charge >= 0.3 is 0 Å². The van der Waals surface area contributed by atoms with Crippen LogP contribution in [-0.4, -0.2) is 24.0 Å². The fraction of sp³-hybridized carbons (Fsp3) is 0.400. The Balaban J connectivity index is 2.24. The minimum Gasteiger partial charge on any atom is -0.365 e. The topological polar surface area (TPSA) is 102 Å². The van der Waals surface area contributed by atoms with Crippen LogP contribution in [0.25, 0.3) is 10.4 Å². The molecular formula is C10H10BrN5O2. The Hall–Kier alpha value is -1.79. The molecule has 2 rings (SSSR count). The summed E-state index contributed by atoms with van der Waals surface area (Å²) in [4.78, 5) is 30.6. The molecule has 0 spiro atoms. The second kappa shape index (κ2) is 5.24. The highest BCUT2D eigenvalue weighted by atomic mass is 79.9. The number of aromatic amines is 1. The minimum absolute atomic E-state index is 0.0354. The van der Waals surface area contributed by atoms with Crippen molar-refractivity contribution in [3.05, 3.63) is 37.5 Å². The zero-order chi connectivity index (χ0) is 13.1. The minimum atomic E-state index is -0.230. The predicted octanol–water partition coefficient (Wildman–Crippen LogP) is 1.80. The van der Waals surface area contributed by atoms with Gasteiger partial charge in [0, 0.05) is 36.8 Å². The Bertz CT molecular complexity index is 578. The second-order valence-corrected chi connectivity index (χ2v) is 4.86. The van der Waals surface area contributed by atoms with Gasteiger partial charge in [-0.1, -0.05) is 5.11 Å². The highest BCUT2D eigenvalue weighted by molar-refractivity contribution is 9.10. The molecule has 2 heterocycles. The normalized spacial score (nSPS) is 18.8. The molecule has 1 aromatic rings. The number of carbonyl (C=O) groups is 1. The van der Waals surface area contributed by atoms with Crippen LogP contribution in [0.2, 0.25) is 0 Å². The van der Waals surface area contributed by atoms with Gasteiger partial charge in [0.25, 0.3) is 0 Å². The van der Waals surface area contributed by atoms with E-state index in [9.17, 15) is 9.59 Å². The molecule has 7 nitrogen and oxygen atoms in total. The van der Waals surface area contributed by atoms with E-state index in [0.717, 1.165) is 0 Å². The Morgan fingerprint density at radius 2 is 2.33 bits per heavy atom. The van der Waals surface area contributed by atoms with Gasteiger partial charge in [0.1, 0.15) is 5.69 Å². The number of hydrogen-bond donors (Lipinski definition) is 1. The second-order valence-electron chi connectivity index (χ2n) is 4.01. The molecule has 0 aliphatic carbocycles. The van der Waals surface area contributed by atoms with E-state index in [2.05, 4.69) is 30.9 Å². The van der Waals surface area contributed by atoms with E-state index >= 15 is 0 Å². The average molecular weight is 312 g/mol. The van der Waals surface area contributed by atoms with Crippen LogP contribution in [0.5, 0.6) is 0 Å². The van der Waals surface area contributed by atoms with E-state index < -0.39 is 0 Å². The first-order valence-electron chi connectivity index (χ1n) is 5.31. The zero-order valence-corrected chi connectivity index (χ0v) is 10.9. The summed E-state index contributed by atoms with van der Waals surface area (Å²) in [5, 5.41) is 3.46. The van der Waals surface area contributed by atoms with Gasteiger partial charge in [-0.15, -0.1) is 0 Å². The Labute approximate surface area is 111 Å². The standard InChI is InChI=1S/C10H10BrN5O2/c11-7-3-13-4-8(10(7)18)16-5-6(1-9(16)17)2-14-15-12/h3-4,6H,1-2,5H2,(H,13,18). The Kier molecular flexibility index (Phi) is 3.69. The number of halogens is 1.